The van der Waals surface area contributed by atoms with Gasteiger partial charge in [-0.1, -0.05) is 6.92 Å². The molecule has 0 aromatic heterocycles. The first-order chi connectivity index (χ1) is 4.77. The van der Waals surface area contributed by atoms with Crippen LogP contribution in [0.2, 0.25) is 0 Å². The average Bonchev–Trinajstić information content (AvgIpc) is 2.28. The summed E-state index contributed by atoms with van der Waals surface area (Å²) in [5.74, 6) is 2.83. The van der Waals surface area contributed by atoms with Gasteiger partial charge in [-0.3, -0.25) is 0 Å². The monoisotopic (exact) mass is 139 g/mol. The van der Waals surface area contributed by atoms with Crippen molar-refractivity contribution in [3.8, 4) is 0 Å². The normalized spacial score (nSPS) is 53.4. The molecule has 4 atom stereocenters. The van der Waals surface area contributed by atoms with Crippen molar-refractivity contribution >= 4 is 0 Å². The average molecular weight is 139 g/mol. The molecule has 0 aliphatic heterocycles. The van der Waals surface area contributed by atoms with Gasteiger partial charge in [0.25, 0.3) is 0 Å². The van der Waals surface area contributed by atoms with Gasteiger partial charge in [-0.2, -0.15) is 0 Å². The molecule has 2 N–H and O–H groups in total. The molecule has 0 amide bonds. The minimum Gasteiger partial charge on any atom is -0.327 e. The Morgan fingerprint density at radius 1 is 1.10 bits per heavy atom. The summed E-state index contributed by atoms with van der Waals surface area (Å²) in [5.41, 5.74) is 6.01. The molecule has 2 aliphatic rings. The predicted octanol–water partition coefficient (Wildman–Crippen LogP) is 1.77. The van der Waals surface area contributed by atoms with Crippen LogP contribution in [0.3, 0.4) is 0 Å². The summed E-state index contributed by atoms with van der Waals surface area (Å²) in [5, 5.41) is 0. The molecule has 1 heteroatoms. The second kappa shape index (κ2) is 2.23. The number of fused-ring (bicyclic) bond motifs is 2. The van der Waals surface area contributed by atoms with Crippen molar-refractivity contribution in [2.45, 2.75) is 38.6 Å². The van der Waals surface area contributed by atoms with Crippen LogP contribution in [0.15, 0.2) is 0 Å². The Balaban J connectivity index is 2.09. The first-order valence-corrected chi connectivity index (χ1v) is 4.53. The van der Waals surface area contributed by atoms with Gasteiger partial charge in [0.05, 0.1) is 0 Å². The Morgan fingerprint density at radius 3 is 2.60 bits per heavy atom. The van der Waals surface area contributed by atoms with Gasteiger partial charge >= 0.3 is 0 Å². The van der Waals surface area contributed by atoms with Crippen molar-refractivity contribution in [1.29, 1.82) is 0 Å². The highest BCUT2D eigenvalue weighted by Gasteiger charge is 2.37. The predicted molar refractivity (Wildman–Crippen MR) is 42.6 cm³/mol. The van der Waals surface area contributed by atoms with Crippen LogP contribution in [0.4, 0.5) is 0 Å². The van der Waals surface area contributed by atoms with Crippen molar-refractivity contribution in [3.63, 3.8) is 0 Å². The Bertz CT molecular complexity index is 119. The third kappa shape index (κ3) is 0.878. The largest absolute Gasteiger partial charge is 0.327 e. The van der Waals surface area contributed by atoms with E-state index in [-0.39, 0.29) is 0 Å². The number of nitrogens with two attached hydrogens (primary N) is 1. The highest BCUT2D eigenvalue weighted by molar-refractivity contribution is 4.91. The van der Waals surface area contributed by atoms with E-state index in [1.165, 1.54) is 25.7 Å². The summed E-state index contributed by atoms with van der Waals surface area (Å²) in [7, 11) is 0. The smallest absolute Gasteiger partial charge is 0.00699 e. The molecule has 2 bridgehead atoms. The fourth-order valence-electron chi connectivity index (χ4n) is 2.77. The van der Waals surface area contributed by atoms with Crippen molar-refractivity contribution in [1.82, 2.24) is 0 Å². The lowest BCUT2D eigenvalue weighted by Crippen LogP contribution is -2.35. The van der Waals surface area contributed by atoms with Crippen LogP contribution < -0.4 is 5.73 Å². The van der Waals surface area contributed by atoms with Crippen LogP contribution in [-0.4, -0.2) is 6.04 Å². The lowest BCUT2D eigenvalue weighted by atomic mass is 9.78. The summed E-state index contributed by atoms with van der Waals surface area (Å²) in [6.45, 7) is 2.37. The van der Waals surface area contributed by atoms with E-state index in [4.69, 9.17) is 5.73 Å². The van der Waals surface area contributed by atoms with Gasteiger partial charge in [0.15, 0.2) is 0 Å². The van der Waals surface area contributed by atoms with Gasteiger partial charge in [-0.05, 0) is 43.4 Å². The van der Waals surface area contributed by atoms with Gasteiger partial charge in [-0.15, -0.1) is 0 Å². The topological polar surface area (TPSA) is 26.0 Å². The first kappa shape index (κ1) is 6.66. The van der Waals surface area contributed by atoms with E-state index in [2.05, 4.69) is 6.92 Å². The summed E-state index contributed by atoms with van der Waals surface area (Å²) in [6, 6.07) is 0.536. The quantitative estimate of drug-likeness (QED) is 0.544. The molecule has 1 nitrogen and oxygen atoms in total. The molecule has 0 aromatic carbocycles. The molecule has 2 aliphatic carbocycles. The highest BCUT2D eigenvalue weighted by atomic mass is 14.7. The van der Waals surface area contributed by atoms with Crippen LogP contribution in [0.1, 0.15) is 32.6 Å². The van der Waals surface area contributed by atoms with Gasteiger partial charge in [0.2, 0.25) is 0 Å². The Labute approximate surface area is 63.0 Å². The number of rotatable bonds is 0. The SMILES string of the molecule is CC1CC(N)C2CCC1C2. The fourth-order valence-corrected chi connectivity index (χ4v) is 2.77. The lowest BCUT2D eigenvalue weighted by molar-refractivity contribution is 0.235. The van der Waals surface area contributed by atoms with E-state index in [1.54, 1.807) is 0 Å². The van der Waals surface area contributed by atoms with E-state index in [0.717, 1.165) is 17.8 Å². The molecule has 10 heavy (non-hydrogen) atoms. The van der Waals surface area contributed by atoms with E-state index in [0.29, 0.717) is 6.04 Å². The Kier molecular flexibility index (Phi) is 1.48. The molecule has 0 saturated heterocycles. The molecule has 0 radical (unpaired) electrons. The Morgan fingerprint density at radius 2 is 1.80 bits per heavy atom. The maximum Gasteiger partial charge on any atom is 0.00699 e. The summed E-state index contributed by atoms with van der Waals surface area (Å²) < 4.78 is 0. The third-order valence-electron chi connectivity index (χ3n) is 3.57. The zero-order valence-electron chi connectivity index (χ0n) is 6.72. The summed E-state index contributed by atoms with van der Waals surface area (Å²) >= 11 is 0. The molecule has 2 saturated carbocycles. The molecule has 0 spiro atoms. The van der Waals surface area contributed by atoms with Crippen molar-refractivity contribution in [2.24, 2.45) is 23.5 Å². The standard InChI is InChI=1S/C9H17N/c1-6-4-9(10)8-3-2-7(6)5-8/h6-9H,2-5,10H2,1H3. The zero-order chi connectivity index (χ0) is 7.14. The molecule has 2 rings (SSSR count). The Hall–Kier alpha value is -0.0400. The van der Waals surface area contributed by atoms with E-state index in [1.807, 2.05) is 0 Å². The van der Waals surface area contributed by atoms with Gasteiger partial charge in [-0.25, -0.2) is 0 Å². The molecule has 0 heterocycles. The van der Waals surface area contributed by atoms with E-state index in [9.17, 15) is 0 Å². The molecule has 0 aromatic rings. The van der Waals surface area contributed by atoms with Gasteiger partial charge in [0, 0.05) is 6.04 Å². The third-order valence-corrected chi connectivity index (χ3v) is 3.57. The van der Waals surface area contributed by atoms with Crippen LogP contribution in [-0.2, 0) is 0 Å². The molecule has 58 valence electrons. The second-order valence-corrected chi connectivity index (χ2v) is 4.21. The van der Waals surface area contributed by atoms with Crippen LogP contribution >= 0.6 is 0 Å². The minimum atomic E-state index is 0.536. The first-order valence-electron chi connectivity index (χ1n) is 4.53. The van der Waals surface area contributed by atoms with Crippen LogP contribution in [0.25, 0.3) is 0 Å². The number of hydrogen-bond donors (Lipinski definition) is 1. The maximum atomic E-state index is 6.01. The molecular weight excluding hydrogens is 122 g/mol. The molecule has 4 unspecified atom stereocenters. The summed E-state index contributed by atoms with van der Waals surface area (Å²) in [6.07, 6.45) is 5.59. The molecular formula is C9H17N. The number of hydrogen-bond acceptors (Lipinski definition) is 1. The van der Waals surface area contributed by atoms with Crippen LogP contribution in [0.5, 0.6) is 0 Å². The van der Waals surface area contributed by atoms with E-state index < -0.39 is 0 Å². The fraction of sp³-hybridized carbons (Fsp3) is 1.00. The highest BCUT2D eigenvalue weighted by Crippen LogP contribution is 2.44. The lowest BCUT2D eigenvalue weighted by Gasteiger charge is -2.30. The maximum absolute atomic E-state index is 6.01. The van der Waals surface area contributed by atoms with E-state index >= 15 is 0 Å². The summed E-state index contributed by atoms with van der Waals surface area (Å²) in [4.78, 5) is 0. The van der Waals surface area contributed by atoms with Crippen molar-refractivity contribution in [3.05, 3.63) is 0 Å². The van der Waals surface area contributed by atoms with Crippen molar-refractivity contribution in [2.75, 3.05) is 0 Å². The van der Waals surface area contributed by atoms with Crippen molar-refractivity contribution < 1.29 is 0 Å². The second-order valence-electron chi connectivity index (χ2n) is 4.21. The zero-order valence-corrected chi connectivity index (χ0v) is 6.72. The van der Waals surface area contributed by atoms with Gasteiger partial charge < -0.3 is 5.73 Å². The van der Waals surface area contributed by atoms with Crippen LogP contribution in [0, 0.1) is 17.8 Å². The molecule has 2 fully saturated rings. The minimum absolute atomic E-state index is 0.536. The van der Waals surface area contributed by atoms with Gasteiger partial charge in [0.1, 0.15) is 0 Å².